The van der Waals surface area contributed by atoms with Crippen LogP contribution in [0.5, 0.6) is 0 Å². The molecule has 1 aliphatic rings. The van der Waals surface area contributed by atoms with Gasteiger partial charge in [-0.25, -0.2) is 0 Å². The molecular weight excluding hydrogens is 352 g/mol. The van der Waals surface area contributed by atoms with Crippen molar-refractivity contribution in [2.45, 2.75) is 26.7 Å². The highest BCUT2D eigenvalue weighted by Crippen LogP contribution is 2.26. The van der Waals surface area contributed by atoms with Crippen LogP contribution in [0.15, 0.2) is 12.4 Å². The SMILES string of the molecule is Cc1nn(C)c(C)c1-c1cnc(CC2CCN(S(=O)(=O)N(C)C)C2)cn1. The molecule has 0 saturated carbocycles. The molecule has 26 heavy (non-hydrogen) atoms. The minimum Gasteiger partial charge on any atom is -0.272 e. The summed E-state index contributed by atoms with van der Waals surface area (Å²) < 4.78 is 29.1. The highest BCUT2D eigenvalue weighted by Gasteiger charge is 2.32. The smallest absolute Gasteiger partial charge is 0.272 e. The lowest BCUT2D eigenvalue weighted by Crippen LogP contribution is -2.38. The molecule has 0 aliphatic carbocycles. The minimum absolute atomic E-state index is 0.270. The van der Waals surface area contributed by atoms with E-state index in [2.05, 4.69) is 15.1 Å². The first-order chi connectivity index (χ1) is 12.2. The first kappa shape index (κ1) is 18.9. The molecule has 8 nitrogen and oxygen atoms in total. The Morgan fingerprint density at radius 1 is 1.23 bits per heavy atom. The van der Waals surface area contributed by atoms with Crippen molar-refractivity contribution in [3.05, 3.63) is 29.5 Å². The van der Waals surface area contributed by atoms with Crippen molar-refractivity contribution in [2.75, 3.05) is 27.2 Å². The minimum atomic E-state index is -3.33. The zero-order valence-electron chi connectivity index (χ0n) is 16.0. The topological polar surface area (TPSA) is 84.2 Å². The number of rotatable bonds is 5. The molecule has 9 heteroatoms. The van der Waals surface area contributed by atoms with Crippen molar-refractivity contribution in [1.82, 2.24) is 28.4 Å². The number of aromatic nitrogens is 4. The highest BCUT2D eigenvalue weighted by molar-refractivity contribution is 7.86. The van der Waals surface area contributed by atoms with Gasteiger partial charge in [0.1, 0.15) is 0 Å². The van der Waals surface area contributed by atoms with E-state index in [1.54, 1.807) is 30.8 Å². The maximum absolute atomic E-state index is 12.2. The fourth-order valence-corrected chi connectivity index (χ4v) is 4.63. The van der Waals surface area contributed by atoms with Crippen LogP contribution in [0.1, 0.15) is 23.5 Å². The van der Waals surface area contributed by atoms with Gasteiger partial charge in [-0.15, -0.1) is 0 Å². The van der Waals surface area contributed by atoms with E-state index in [-0.39, 0.29) is 5.92 Å². The summed E-state index contributed by atoms with van der Waals surface area (Å²) >= 11 is 0. The lowest BCUT2D eigenvalue weighted by molar-refractivity contribution is 0.409. The Morgan fingerprint density at radius 3 is 2.50 bits per heavy atom. The summed E-state index contributed by atoms with van der Waals surface area (Å²) in [5.41, 5.74) is 4.73. The van der Waals surface area contributed by atoms with Crippen LogP contribution < -0.4 is 0 Å². The van der Waals surface area contributed by atoms with Gasteiger partial charge < -0.3 is 0 Å². The molecule has 0 radical (unpaired) electrons. The predicted octanol–water partition coefficient (Wildman–Crippen LogP) is 1.16. The van der Waals surface area contributed by atoms with Gasteiger partial charge in [-0.1, -0.05) is 0 Å². The maximum Gasteiger partial charge on any atom is 0.281 e. The zero-order chi connectivity index (χ0) is 19.1. The second-order valence-electron chi connectivity index (χ2n) is 7.07. The summed E-state index contributed by atoms with van der Waals surface area (Å²) in [6.45, 7) is 5.08. The van der Waals surface area contributed by atoms with Crippen molar-refractivity contribution in [3.63, 3.8) is 0 Å². The van der Waals surface area contributed by atoms with Gasteiger partial charge >= 0.3 is 0 Å². The summed E-state index contributed by atoms with van der Waals surface area (Å²) in [7, 11) is 1.72. The van der Waals surface area contributed by atoms with Crippen LogP contribution in [0, 0.1) is 19.8 Å². The Morgan fingerprint density at radius 2 is 1.96 bits per heavy atom. The van der Waals surface area contributed by atoms with Crippen LogP contribution >= 0.6 is 0 Å². The molecule has 2 aromatic heterocycles. The molecule has 0 spiro atoms. The van der Waals surface area contributed by atoms with E-state index in [9.17, 15) is 8.42 Å². The van der Waals surface area contributed by atoms with E-state index in [1.807, 2.05) is 25.6 Å². The summed E-state index contributed by atoms with van der Waals surface area (Å²) in [5.74, 6) is 0.270. The van der Waals surface area contributed by atoms with Crippen molar-refractivity contribution >= 4 is 10.2 Å². The molecule has 3 heterocycles. The number of hydrogen-bond donors (Lipinski definition) is 0. The van der Waals surface area contributed by atoms with Crippen LogP contribution in [-0.2, 0) is 23.7 Å². The third-order valence-corrected chi connectivity index (χ3v) is 6.91. The molecular formula is C17H26N6O2S. The lowest BCUT2D eigenvalue weighted by Gasteiger charge is -2.20. The van der Waals surface area contributed by atoms with Crippen LogP contribution in [-0.4, -0.2) is 64.0 Å². The average molecular weight is 379 g/mol. The van der Waals surface area contributed by atoms with Crippen LogP contribution in [0.25, 0.3) is 11.3 Å². The zero-order valence-corrected chi connectivity index (χ0v) is 16.8. The number of aryl methyl sites for hydroxylation is 2. The van der Waals surface area contributed by atoms with Crippen molar-refractivity contribution in [3.8, 4) is 11.3 Å². The van der Waals surface area contributed by atoms with Gasteiger partial charge in [-0.2, -0.15) is 22.1 Å². The van der Waals surface area contributed by atoms with Gasteiger partial charge in [0.15, 0.2) is 0 Å². The van der Waals surface area contributed by atoms with Crippen LogP contribution in [0.3, 0.4) is 0 Å². The first-order valence-electron chi connectivity index (χ1n) is 8.69. The third-order valence-electron chi connectivity index (χ3n) is 5.00. The molecule has 3 rings (SSSR count). The Hall–Kier alpha value is -1.84. The second-order valence-corrected chi connectivity index (χ2v) is 9.21. The van der Waals surface area contributed by atoms with E-state index in [1.165, 1.54) is 4.31 Å². The molecule has 2 aromatic rings. The van der Waals surface area contributed by atoms with Crippen LogP contribution in [0.4, 0.5) is 0 Å². The van der Waals surface area contributed by atoms with E-state index >= 15 is 0 Å². The van der Waals surface area contributed by atoms with Gasteiger partial charge in [0.2, 0.25) is 0 Å². The summed E-state index contributed by atoms with van der Waals surface area (Å²) in [4.78, 5) is 9.12. The Bertz CT molecular complexity index is 889. The molecule has 0 aromatic carbocycles. The quantitative estimate of drug-likeness (QED) is 0.780. The second kappa shape index (κ2) is 7.05. The molecule has 142 valence electrons. The third kappa shape index (κ3) is 3.51. The fourth-order valence-electron chi connectivity index (χ4n) is 3.43. The summed E-state index contributed by atoms with van der Waals surface area (Å²) in [6.07, 6.45) is 5.16. The van der Waals surface area contributed by atoms with Gasteiger partial charge in [-0.3, -0.25) is 14.6 Å². The Balaban J connectivity index is 1.69. The van der Waals surface area contributed by atoms with Crippen molar-refractivity contribution < 1.29 is 8.42 Å². The van der Waals surface area contributed by atoms with Crippen LogP contribution in [0.2, 0.25) is 0 Å². The molecule has 1 unspecified atom stereocenters. The molecule has 1 fully saturated rings. The molecule has 1 saturated heterocycles. The number of nitrogens with zero attached hydrogens (tertiary/aromatic N) is 6. The fraction of sp³-hybridized carbons (Fsp3) is 0.588. The van der Waals surface area contributed by atoms with E-state index in [4.69, 9.17) is 0 Å². The van der Waals surface area contributed by atoms with Gasteiger partial charge in [0.05, 0.1) is 23.3 Å². The lowest BCUT2D eigenvalue weighted by atomic mass is 10.0. The average Bonchev–Trinajstić information content (AvgIpc) is 3.14. The molecule has 0 bridgehead atoms. The Labute approximate surface area is 155 Å². The molecule has 0 N–H and O–H groups in total. The van der Waals surface area contributed by atoms with E-state index < -0.39 is 10.2 Å². The van der Waals surface area contributed by atoms with E-state index in [0.29, 0.717) is 13.1 Å². The Kier molecular flexibility index (Phi) is 5.14. The maximum atomic E-state index is 12.2. The summed E-state index contributed by atoms with van der Waals surface area (Å²) in [6, 6.07) is 0. The largest absolute Gasteiger partial charge is 0.281 e. The molecule has 1 aliphatic heterocycles. The predicted molar refractivity (Wildman–Crippen MR) is 99.7 cm³/mol. The van der Waals surface area contributed by atoms with Crippen molar-refractivity contribution in [1.29, 1.82) is 0 Å². The van der Waals surface area contributed by atoms with Gasteiger partial charge in [0, 0.05) is 51.7 Å². The highest BCUT2D eigenvalue weighted by atomic mass is 32.2. The van der Waals surface area contributed by atoms with Crippen molar-refractivity contribution in [2.24, 2.45) is 13.0 Å². The number of hydrogen-bond acceptors (Lipinski definition) is 5. The standard InChI is InChI=1S/C17H26N6O2S/c1-12-17(13(2)22(5)20-12)16-10-18-15(9-19-16)8-14-6-7-23(11-14)26(24,25)21(3)4/h9-10,14H,6-8,11H2,1-5H3. The monoisotopic (exact) mass is 378 g/mol. The molecule has 1 atom stereocenters. The van der Waals surface area contributed by atoms with Gasteiger partial charge in [0.25, 0.3) is 10.2 Å². The first-order valence-corrected chi connectivity index (χ1v) is 10.1. The normalized spacial score (nSPS) is 18.8. The van der Waals surface area contributed by atoms with E-state index in [0.717, 1.165) is 41.2 Å². The summed E-state index contributed by atoms with van der Waals surface area (Å²) in [5, 5.41) is 4.42. The molecule has 0 amide bonds. The van der Waals surface area contributed by atoms with Gasteiger partial charge in [-0.05, 0) is 32.6 Å².